The second kappa shape index (κ2) is 13.5. The third-order valence-corrected chi connectivity index (χ3v) is 11.3. The molecule has 6 rings (SSSR count). The molecule has 4 atom stereocenters. The van der Waals surface area contributed by atoms with Crippen LogP contribution in [0, 0.1) is 23.7 Å². The first-order valence-corrected chi connectivity index (χ1v) is 18.1. The van der Waals surface area contributed by atoms with E-state index >= 15 is 0 Å². The van der Waals surface area contributed by atoms with Crippen molar-refractivity contribution < 1.29 is 33.0 Å². The average molecular weight is 669 g/mol. The van der Waals surface area contributed by atoms with Crippen LogP contribution in [0.2, 0.25) is 0 Å². The Hall–Kier alpha value is -3.37. The summed E-state index contributed by atoms with van der Waals surface area (Å²) in [6.07, 6.45) is 8.83. The molecule has 2 aliphatic carbocycles. The molecule has 3 heterocycles. The number of hydrogen-bond acceptors (Lipinski definition) is 7. The number of ether oxygens (including phenoxy) is 2. The van der Waals surface area contributed by atoms with Crippen molar-refractivity contribution in [3.8, 4) is 0 Å². The number of carbonyl (C=O) groups is 4. The van der Waals surface area contributed by atoms with Gasteiger partial charge in [-0.15, -0.1) is 0 Å². The van der Waals surface area contributed by atoms with Gasteiger partial charge in [0.25, 0.3) is 0 Å². The van der Waals surface area contributed by atoms with Crippen molar-refractivity contribution in [2.24, 2.45) is 23.7 Å². The van der Waals surface area contributed by atoms with Crippen molar-refractivity contribution in [3.63, 3.8) is 0 Å². The number of fused-ring (bicyclic) bond motifs is 3. The van der Waals surface area contributed by atoms with Gasteiger partial charge in [-0.05, 0) is 108 Å². The number of alkyl halides is 1. The Bertz CT molecular complexity index is 1400. The molecule has 2 N–H and O–H groups in total. The van der Waals surface area contributed by atoms with Gasteiger partial charge < -0.3 is 29.9 Å². The van der Waals surface area contributed by atoms with Gasteiger partial charge in [-0.3, -0.25) is 9.59 Å². The van der Waals surface area contributed by atoms with Crippen molar-refractivity contribution in [1.82, 2.24) is 10.2 Å². The van der Waals surface area contributed by atoms with E-state index in [2.05, 4.69) is 10.6 Å². The first-order chi connectivity index (χ1) is 22.8. The Morgan fingerprint density at radius 2 is 1.75 bits per heavy atom. The summed E-state index contributed by atoms with van der Waals surface area (Å²) in [4.78, 5) is 57.1. The van der Waals surface area contributed by atoms with E-state index < -0.39 is 36.2 Å². The topological polar surface area (TPSA) is 117 Å². The number of nitrogens with one attached hydrogen (secondary N) is 2. The van der Waals surface area contributed by atoms with E-state index in [-0.39, 0.29) is 41.6 Å². The van der Waals surface area contributed by atoms with E-state index in [1.54, 1.807) is 20.8 Å². The fourth-order valence-corrected chi connectivity index (χ4v) is 9.16. The lowest BCUT2D eigenvalue weighted by molar-refractivity contribution is -0.146. The van der Waals surface area contributed by atoms with E-state index in [4.69, 9.17) is 9.47 Å². The lowest BCUT2D eigenvalue weighted by atomic mass is 9.76. The van der Waals surface area contributed by atoms with E-state index in [0.717, 1.165) is 43.4 Å². The lowest BCUT2D eigenvalue weighted by Gasteiger charge is -2.37. The number of amides is 3. The van der Waals surface area contributed by atoms with E-state index in [1.807, 2.05) is 41.8 Å². The standard InChI is InChI=1S/C37H53FN4O6/c1-36(2,3)48-35(46)40-28(21-38)23-11-13-24(14-12-23)33(44)41-18-17-27(22-9-7-6-8-10-22)31(41)32(43)39-26-15-16-29-25(19-26)20-30-34(45)47-37(4,5)42(29)30/h15-16,19,22-24,27-28,30-31H,6-14,17-18,20-21H2,1-5H3,(H,39,43)(H,40,46)/t23-,24-,27-,28+,30?,31-/m0/s1. The minimum atomic E-state index is -0.726. The zero-order valence-corrected chi connectivity index (χ0v) is 29.2. The number of cyclic esters (lactones) is 1. The summed E-state index contributed by atoms with van der Waals surface area (Å²) in [6.45, 7) is 8.96. The molecule has 0 aromatic heterocycles. The van der Waals surface area contributed by atoms with Crippen LogP contribution in [0.3, 0.4) is 0 Å². The summed E-state index contributed by atoms with van der Waals surface area (Å²) in [7, 11) is 0. The van der Waals surface area contributed by atoms with Crippen LogP contribution in [-0.2, 0) is 30.3 Å². The number of anilines is 2. The van der Waals surface area contributed by atoms with Gasteiger partial charge >= 0.3 is 12.1 Å². The molecule has 1 aromatic carbocycles. The highest BCUT2D eigenvalue weighted by Gasteiger charge is 2.52. The Balaban J connectivity index is 1.14. The maximum Gasteiger partial charge on any atom is 0.407 e. The molecule has 0 spiro atoms. The van der Waals surface area contributed by atoms with E-state index in [9.17, 15) is 23.6 Å². The second-order valence-electron chi connectivity index (χ2n) is 16.1. The number of carbonyl (C=O) groups excluding carboxylic acids is 4. The van der Waals surface area contributed by atoms with Crippen molar-refractivity contribution >= 4 is 35.3 Å². The largest absolute Gasteiger partial charge is 0.444 e. The van der Waals surface area contributed by atoms with Crippen LogP contribution in [0.4, 0.5) is 20.6 Å². The number of likely N-dealkylation sites (tertiary alicyclic amines) is 1. The predicted molar refractivity (Wildman–Crippen MR) is 180 cm³/mol. The summed E-state index contributed by atoms with van der Waals surface area (Å²) in [6, 6.07) is 4.23. The van der Waals surface area contributed by atoms with Crippen LogP contribution in [0.1, 0.15) is 104 Å². The van der Waals surface area contributed by atoms with Crippen LogP contribution >= 0.6 is 0 Å². The van der Waals surface area contributed by atoms with E-state index in [1.165, 1.54) is 6.42 Å². The lowest BCUT2D eigenvalue weighted by Crippen LogP contribution is -2.50. The average Bonchev–Trinajstić information content (AvgIpc) is 3.71. The third kappa shape index (κ3) is 7.01. The molecule has 0 bridgehead atoms. The molecule has 3 aliphatic heterocycles. The zero-order valence-electron chi connectivity index (χ0n) is 29.2. The highest BCUT2D eigenvalue weighted by atomic mass is 19.1. The first kappa shape index (κ1) is 34.5. The van der Waals surface area contributed by atoms with Crippen LogP contribution < -0.4 is 15.5 Å². The van der Waals surface area contributed by atoms with Crippen LogP contribution in [0.5, 0.6) is 0 Å². The summed E-state index contributed by atoms with van der Waals surface area (Å²) < 4.78 is 25.0. The van der Waals surface area contributed by atoms with Gasteiger partial charge in [-0.1, -0.05) is 32.1 Å². The number of alkyl carbamates (subject to hydrolysis) is 1. The molecule has 1 unspecified atom stereocenters. The highest BCUT2D eigenvalue weighted by Crippen LogP contribution is 2.45. The maximum atomic E-state index is 14.2. The molecule has 1 aromatic rings. The Morgan fingerprint density at radius 3 is 2.42 bits per heavy atom. The molecule has 5 aliphatic rings. The Labute approximate surface area is 283 Å². The van der Waals surface area contributed by atoms with Gasteiger partial charge in [0, 0.05) is 30.3 Å². The summed E-state index contributed by atoms with van der Waals surface area (Å²) in [5.41, 5.74) is 1.21. The van der Waals surface area contributed by atoms with Crippen LogP contribution in [0.25, 0.3) is 0 Å². The quantitative estimate of drug-likeness (QED) is 0.337. The fraction of sp³-hybridized carbons (Fsp3) is 0.730. The fourth-order valence-electron chi connectivity index (χ4n) is 9.16. The number of rotatable bonds is 7. The Morgan fingerprint density at radius 1 is 1.04 bits per heavy atom. The van der Waals surface area contributed by atoms with Crippen molar-refractivity contribution in [2.45, 2.75) is 135 Å². The van der Waals surface area contributed by atoms with Crippen LogP contribution in [-0.4, -0.2) is 71.4 Å². The molecule has 0 radical (unpaired) electrons. The number of benzene rings is 1. The van der Waals surface area contributed by atoms with Gasteiger partial charge in [0.15, 0.2) is 5.72 Å². The van der Waals surface area contributed by atoms with Crippen molar-refractivity contribution in [2.75, 3.05) is 23.4 Å². The molecule has 11 heteroatoms. The summed E-state index contributed by atoms with van der Waals surface area (Å²) in [5, 5.41) is 5.87. The van der Waals surface area contributed by atoms with Gasteiger partial charge in [0.05, 0.1) is 6.04 Å². The van der Waals surface area contributed by atoms with Gasteiger partial charge in [0.1, 0.15) is 24.4 Å². The van der Waals surface area contributed by atoms with Crippen LogP contribution in [0.15, 0.2) is 18.2 Å². The minimum absolute atomic E-state index is 0.0131. The smallest absolute Gasteiger partial charge is 0.407 e. The maximum absolute atomic E-state index is 14.2. The number of halogens is 1. The molecule has 264 valence electrons. The first-order valence-electron chi connectivity index (χ1n) is 18.1. The second-order valence-corrected chi connectivity index (χ2v) is 16.1. The summed E-state index contributed by atoms with van der Waals surface area (Å²) in [5.74, 6) is -0.169. The number of nitrogens with zero attached hydrogens (tertiary/aromatic N) is 2. The summed E-state index contributed by atoms with van der Waals surface area (Å²) >= 11 is 0. The van der Waals surface area contributed by atoms with Gasteiger partial charge in [-0.25, -0.2) is 14.0 Å². The third-order valence-electron chi connectivity index (χ3n) is 11.3. The Kier molecular flexibility index (Phi) is 9.70. The monoisotopic (exact) mass is 668 g/mol. The number of hydrogen-bond donors (Lipinski definition) is 2. The van der Waals surface area contributed by atoms with Crippen molar-refractivity contribution in [1.29, 1.82) is 0 Å². The number of esters is 1. The minimum Gasteiger partial charge on any atom is -0.444 e. The molecule has 3 amide bonds. The molecule has 2 saturated carbocycles. The van der Waals surface area contributed by atoms with Gasteiger partial charge in [-0.2, -0.15) is 0 Å². The molecular formula is C37H53FN4O6. The molecular weight excluding hydrogens is 615 g/mol. The normalized spacial score (nSPS) is 29.1. The van der Waals surface area contributed by atoms with Crippen molar-refractivity contribution in [3.05, 3.63) is 23.8 Å². The van der Waals surface area contributed by atoms with E-state index in [0.29, 0.717) is 50.3 Å². The predicted octanol–water partition coefficient (Wildman–Crippen LogP) is 6.12. The molecule has 4 fully saturated rings. The molecule has 2 saturated heterocycles. The zero-order chi connectivity index (χ0) is 34.4. The SMILES string of the molecule is CC(C)(C)OC(=O)N[C@H](CF)[C@H]1CC[C@H](C(=O)N2CC[C@@H](C3CCCCC3)[C@H]2C(=O)Nc2ccc3c(c2)CC2C(=O)OC(C)(C)N32)CC1. The molecule has 10 nitrogen and oxygen atoms in total. The molecule has 48 heavy (non-hydrogen) atoms. The van der Waals surface area contributed by atoms with Gasteiger partial charge in [0.2, 0.25) is 11.8 Å². The highest BCUT2D eigenvalue weighted by molar-refractivity contribution is 5.99.